The number of nitriles is 1. The molecule has 3 rings (SSSR count). The number of hydrogen-bond acceptors (Lipinski definition) is 4. The second-order valence-electron chi connectivity index (χ2n) is 4.02. The van der Waals surface area contributed by atoms with Crippen molar-refractivity contribution in [1.29, 1.82) is 5.26 Å². The Labute approximate surface area is 138 Å². The van der Waals surface area contributed by atoms with Crippen molar-refractivity contribution >= 4 is 66.4 Å². The lowest BCUT2D eigenvalue weighted by Crippen LogP contribution is -1.91. The van der Waals surface area contributed by atoms with Crippen LogP contribution >= 0.6 is 45.5 Å². The van der Waals surface area contributed by atoms with Gasteiger partial charge >= 0.3 is 0 Å². The smallest absolute Gasteiger partial charge is 0.126 e. The van der Waals surface area contributed by atoms with Gasteiger partial charge in [0.2, 0.25) is 0 Å². The molecule has 20 heavy (non-hydrogen) atoms. The second-order valence-corrected chi connectivity index (χ2v) is 6.68. The van der Waals surface area contributed by atoms with Crippen LogP contribution in [0.2, 0.25) is 5.02 Å². The van der Waals surface area contributed by atoms with Crippen LogP contribution < -0.4 is 5.32 Å². The van der Waals surface area contributed by atoms with Gasteiger partial charge in [-0.15, -0.1) is 0 Å². The van der Waals surface area contributed by atoms with Crippen LogP contribution in [0.4, 0.5) is 10.7 Å². The molecule has 0 aliphatic heterocycles. The third-order valence-electron chi connectivity index (χ3n) is 2.76. The van der Waals surface area contributed by atoms with Gasteiger partial charge in [-0.3, -0.25) is 0 Å². The molecular formula is C14H7ClIN3S. The molecule has 2 aromatic heterocycles. The molecule has 0 fully saturated rings. The molecule has 0 spiro atoms. The van der Waals surface area contributed by atoms with Crippen molar-refractivity contribution in [2.24, 2.45) is 0 Å². The Morgan fingerprint density at radius 3 is 2.95 bits per heavy atom. The number of rotatable bonds is 2. The van der Waals surface area contributed by atoms with Crippen molar-refractivity contribution < 1.29 is 0 Å². The van der Waals surface area contributed by atoms with Gasteiger partial charge < -0.3 is 5.32 Å². The summed E-state index contributed by atoms with van der Waals surface area (Å²) in [6.07, 6.45) is 1.72. The van der Waals surface area contributed by atoms with Gasteiger partial charge in [0.15, 0.2) is 0 Å². The van der Waals surface area contributed by atoms with Gasteiger partial charge in [-0.2, -0.15) is 5.26 Å². The summed E-state index contributed by atoms with van der Waals surface area (Å²) in [6, 6.07) is 11.7. The number of aromatic nitrogens is 1. The van der Waals surface area contributed by atoms with Crippen molar-refractivity contribution in [2.45, 2.75) is 0 Å². The summed E-state index contributed by atoms with van der Waals surface area (Å²) >= 11 is 9.87. The molecular weight excluding hydrogens is 405 g/mol. The summed E-state index contributed by atoms with van der Waals surface area (Å²) in [4.78, 5) is 5.12. The summed E-state index contributed by atoms with van der Waals surface area (Å²) in [6.45, 7) is 0. The zero-order valence-electron chi connectivity index (χ0n) is 10.0. The number of nitrogens with zero attached hydrogens (tertiary/aromatic N) is 2. The highest BCUT2D eigenvalue weighted by atomic mass is 127. The molecule has 0 aliphatic carbocycles. The monoisotopic (exact) mass is 411 g/mol. The average molecular weight is 412 g/mol. The largest absolute Gasteiger partial charge is 0.345 e. The quantitative estimate of drug-likeness (QED) is 0.592. The molecule has 0 atom stereocenters. The van der Waals surface area contributed by atoms with Crippen LogP contribution in [0.3, 0.4) is 0 Å². The first-order chi connectivity index (χ1) is 9.69. The van der Waals surface area contributed by atoms with E-state index in [0.29, 0.717) is 10.6 Å². The molecule has 6 heteroatoms. The lowest BCUT2D eigenvalue weighted by Gasteiger charge is -2.06. The third-order valence-corrected chi connectivity index (χ3v) is 4.77. The number of anilines is 2. The summed E-state index contributed by atoms with van der Waals surface area (Å²) < 4.78 is 1.07. The van der Waals surface area contributed by atoms with E-state index >= 15 is 0 Å². The van der Waals surface area contributed by atoms with E-state index in [2.05, 4.69) is 39.0 Å². The zero-order valence-corrected chi connectivity index (χ0v) is 13.8. The Morgan fingerprint density at radius 2 is 2.20 bits per heavy atom. The molecule has 0 radical (unpaired) electrons. The van der Waals surface area contributed by atoms with Gasteiger partial charge in [0.05, 0.1) is 16.3 Å². The van der Waals surface area contributed by atoms with Gasteiger partial charge in [-0.05, 0) is 52.9 Å². The zero-order chi connectivity index (χ0) is 14.1. The minimum atomic E-state index is 0.604. The SMILES string of the molecule is N#Cc1c(Nc2ccc(I)cc2Cl)sc2ncccc12. The van der Waals surface area contributed by atoms with Crippen LogP contribution in [-0.2, 0) is 0 Å². The molecule has 3 aromatic rings. The van der Waals surface area contributed by atoms with Crippen molar-refractivity contribution in [2.75, 3.05) is 5.32 Å². The van der Waals surface area contributed by atoms with Gasteiger partial charge in [0.25, 0.3) is 0 Å². The van der Waals surface area contributed by atoms with E-state index in [1.165, 1.54) is 11.3 Å². The van der Waals surface area contributed by atoms with Crippen LogP contribution in [-0.4, -0.2) is 4.98 Å². The maximum atomic E-state index is 9.35. The van der Waals surface area contributed by atoms with E-state index in [-0.39, 0.29) is 0 Å². The maximum absolute atomic E-state index is 9.35. The molecule has 0 bridgehead atoms. The first-order valence-electron chi connectivity index (χ1n) is 5.69. The Morgan fingerprint density at radius 1 is 1.35 bits per heavy atom. The maximum Gasteiger partial charge on any atom is 0.126 e. The Bertz CT molecular complexity index is 838. The number of pyridine rings is 1. The van der Waals surface area contributed by atoms with Crippen molar-refractivity contribution in [3.63, 3.8) is 0 Å². The van der Waals surface area contributed by atoms with Gasteiger partial charge in [-0.25, -0.2) is 4.98 Å². The summed E-state index contributed by atoms with van der Waals surface area (Å²) in [5.41, 5.74) is 1.39. The average Bonchev–Trinajstić information content (AvgIpc) is 2.79. The molecule has 0 saturated carbocycles. The normalized spacial score (nSPS) is 10.4. The molecule has 1 N–H and O–H groups in total. The van der Waals surface area contributed by atoms with Crippen LogP contribution in [0.5, 0.6) is 0 Å². The highest BCUT2D eigenvalue weighted by molar-refractivity contribution is 14.1. The molecule has 0 saturated heterocycles. The first kappa shape index (κ1) is 13.6. The molecule has 0 aliphatic rings. The lowest BCUT2D eigenvalue weighted by molar-refractivity contribution is 1.44. The fourth-order valence-corrected chi connectivity index (χ4v) is 3.75. The summed E-state index contributed by atoms with van der Waals surface area (Å²) in [5, 5.41) is 14.8. The lowest BCUT2D eigenvalue weighted by atomic mass is 10.2. The highest BCUT2D eigenvalue weighted by Gasteiger charge is 2.13. The van der Waals surface area contributed by atoms with E-state index < -0.39 is 0 Å². The summed E-state index contributed by atoms with van der Waals surface area (Å²) in [5.74, 6) is 0. The number of fused-ring (bicyclic) bond motifs is 1. The molecule has 2 heterocycles. The van der Waals surface area contributed by atoms with E-state index in [1.54, 1.807) is 6.20 Å². The van der Waals surface area contributed by atoms with Crippen LogP contribution in [0.25, 0.3) is 10.2 Å². The predicted molar refractivity (Wildman–Crippen MR) is 91.8 cm³/mol. The Hall–Kier alpha value is -1.36. The van der Waals surface area contributed by atoms with Gasteiger partial charge in [0.1, 0.15) is 15.9 Å². The Balaban J connectivity index is 2.09. The predicted octanol–water partition coefficient (Wildman–Crippen LogP) is 5.17. The van der Waals surface area contributed by atoms with Gasteiger partial charge in [-0.1, -0.05) is 22.9 Å². The van der Waals surface area contributed by atoms with Crippen LogP contribution in [0.15, 0.2) is 36.5 Å². The molecule has 0 unspecified atom stereocenters. The minimum Gasteiger partial charge on any atom is -0.345 e. The number of nitrogens with one attached hydrogen (secondary N) is 1. The minimum absolute atomic E-state index is 0.604. The number of hydrogen-bond donors (Lipinski definition) is 1. The van der Waals surface area contributed by atoms with E-state index in [1.807, 2.05) is 30.3 Å². The van der Waals surface area contributed by atoms with Crippen LogP contribution in [0.1, 0.15) is 5.56 Å². The molecule has 98 valence electrons. The van der Waals surface area contributed by atoms with Gasteiger partial charge in [0, 0.05) is 15.2 Å². The highest BCUT2D eigenvalue weighted by Crippen LogP contribution is 2.37. The molecule has 1 aromatic carbocycles. The van der Waals surface area contributed by atoms with Crippen molar-refractivity contribution in [3.05, 3.63) is 50.7 Å². The number of thiophene rings is 1. The fourth-order valence-electron chi connectivity index (χ4n) is 1.84. The standard InChI is InChI=1S/C14H7ClIN3S/c15-11-6-8(16)3-4-12(11)19-14-10(7-17)9-2-1-5-18-13(9)20-14/h1-6,19H. The van der Waals surface area contributed by atoms with E-state index in [0.717, 1.165) is 24.5 Å². The number of halogens is 2. The van der Waals surface area contributed by atoms with Crippen LogP contribution in [0, 0.1) is 14.9 Å². The number of benzene rings is 1. The van der Waals surface area contributed by atoms with E-state index in [9.17, 15) is 5.26 Å². The Kier molecular flexibility index (Phi) is 3.78. The third kappa shape index (κ3) is 2.46. The second kappa shape index (κ2) is 5.56. The summed E-state index contributed by atoms with van der Waals surface area (Å²) in [7, 11) is 0. The fraction of sp³-hybridized carbons (Fsp3) is 0. The van der Waals surface area contributed by atoms with Crippen molar-refractivity contribution in [1.82, 2.24) is 4.98 Å². The van der Waals surface area contributed by atoms with E-state index in [4.69, 9.17) is 11.6 Å². The molecule has 3 nitrogen and oxygen atoms in total. The molecule has 0 amide bonds. The topological polar surface area (TPSA) is 48.7 Å². The van der Waals surface area contributed by atoms with Crippen molar-refractivity contribution in [3.8, 4) is 6.07 Å². The first-order valence-corrected chi connectivity index (χ1v) is 7.96.